The van der Waals surface area contributed by atoms with Crippen molar-refractivity contribution in [3.63, 3.8) is 0 Å². The molecule has 3 aliphatic heterocycles. The van der Waals surface area contributed by atoms with E-state index in [9.17, 15) is 22.8 Å². The first-order valence-corrected chi connectivity index (χ1v) is 11.7. The van der Waals surface area contributed by atoms with E-state index < -0.39 is 18.3 Å². The van der Waals surface area contributed by atoms with Crippen molar-refractivity contribution in [3.8, 4) is 0 Å². The monoisotopic (exact) mass is 445 g/mol. The van der Waals surface area contributed by atoms with Gasteiger partial charge in [-0.05, 0) is 70.3 Å². The molecule has 0 aromatic carbocycles. The number of amides is 2. The van der Waals surface area contributed by atoms with Gasteiger partial charge in [-0.3, -0.25) is 9.59 Å². The number of nitrogens with zero attached hydrogens (tertiary/aromatic N) is 2. The second-order valence-electron chi connectivity index (χ2n) is 9.82. The maximum atomic E-state index is 13.3. The minimum Gasteiger partial charge on any atom is -0.368 e. The van der Waals surface area contributed by atoms with E-state index >= 15 is 0 Å². The van der Waals surface area contributed by atoms with Gasteiger partial charge in [-0.1, -0.05) is 0 Å². The molecule has 3 saturated heterocycles. The Hall–Kier alpha value is -1.35. The van der Waals surface area contributed by atoms with Gasteiger partial charge < -0.3 is 19.9 Å². The van der Waals surface area contributed by atoms with Gasteiger partial charge in [-0.15, -0.1) is 0 Å². The fourth-order valence-electron chi connectivity index (χ4n) is 6.40. The first-order chi connectivity index (χ1) is 14.7. The number of hydrogen-bond donors (Lipinski definition) is 1. The lowest BCUT2D eigenvalue weighted by Crippen LogP contribution is -2.68. The van der Waals surface area contributed by atoms with E-state index in [1.54, 1.807) is 6.92 Å². The van der Waals surface area contributed by atoms with Crippen LogP contribution in [0.2, 0.25) is 0 Å². The van der Waals surface area contributed by atoms with Gasteiger partial charge in [0, 0.05) is 26.1 Å². The van der Waals surface area contributed by atoms with Crippen LogP contribution < -0.4 is 5.32 Å². The molecule has 6 nitrogen and oxygen atoms in total. The molecule has 4 rings (SSSR count). The molecule has 0 aromatic heterocycles. The minimum atomic E-state index is -4.20. The molecule has 0 spiro atoms. The van der Waals surface area contributed by atoms with Crippen LogP contribution in [0.1, 0.15) is 58.8 Å². The molecule has 4 fully saturated rings. The van der Waals surface area contributed by atoms with Crippen molar-refractivity contribution in [2.24, 2.45) is 11.8 Å². The number of piperazine rings is 1. The Labute approximate surface area is 181 Å². The third kappa shape index (κ3) is 4.58. The summed E-state index contributed by atoms with van der Waals surface area (Å²) in [5.41, 5.74) is 0. The zero-order valence-corrected chi connectivity index (χ0v) is 18.4. The quantitative estimate of drug-likeness (QED) is 0.710. The highest BCUT2D eigenvalue weighted by molar-refractivity contribution is 5.82. The molecular weight excluding hydrogens is 411 g/mol. The summed E-state index contributed by atoms with van der Waals surface area (Å²) in [5.74, 6) is 0.467. The zero-order chi connectivity index (χ0) is 22.3. The van der Waals surface area contributed by atoms with Crippen LogP contribution in [0.5, 0.6) is 0 Å². The molecule has 1 saturated carbocycles. The minimum absolute atomic E-state index is 0.0158. The van der Waals surface area contributed by atoms with E-state index in [4.69, 9.17) is 4.74 Å². The summed E-state index contributed by atoms with van der Waals surface area (Å²) in [6, 6.07) is -1.58. The standard InChI is InChI=1S/C22H34F3N3O3/c1-13-12-27(21(30)19-4-3-9-31-19)18-10-15(5-7-17(18)28(13)14(2)29)16-6-8-20(26-11-16)22(23,24)25/h13,15-20,26H,3-12H2,1-2H3/t13-,15?,16?,17?,18?,19?,20?/m0/s1. The fourth-order valence-corrected chi connectivity index (χ4v) is 6.40. The lowest BCUT2D eigenvalue weighted by atomic mass is 9.71. The second-order valence-corrected chi connectivity index (χ2v) is 9.82. The summed E-state index contributed by atoms with van der Waals surface area (Å²) < 4.78 is 44.7. The SMILES string of the molecule is CC(=O)N1C2CCC(C3CCC(C(F)(F)F)NC3)CC2N(C(=O)C2CCCO2)C[C@@H]1C. The molecule has 6 unspecified atom stereocenters. The molecule has 9 heteroatoms. The molecule has 0 radical (unpaired) electrons. The van der Waals surface area contributed by atoms with Crippen molar-refractivity contribution in [1.82, 2.24) is 15.1 Å². The van der Waals surface area contributed by atoms with Crippen LogP contribution in [0.25, 0.3) is 0 Å². The Morgan fingerprint density at radius 2 is 1.77 bits per heavy atom. The van der Waals surface area contributed by atoms with Gasteiger partial charge in [0.1, 0.15) is 12.1 Å². The Kier molecular flexibility index (Phi) is 6.54. The average Bonchev–Trinajstić information content (AvgIpc) is 3.26. The van der Waals surface area contributed by atoms with E-state index in [2.05, 4.69) is 5.32 Å². The molecule has 3 heterocycles. The van der Waals surface area contributed by atoms with Crippen LogP contribution in [-0.2, 0) is 14.3 Å². The molecular formula is C22H34F3N3O3. The number of alkyl halides is 3. The van der Waals surface area contributed by atoms with Crippen molar-refractivity contribution in [1.29, 1.82) is 0 Å². The van der Waals surface area contributed by atoms with Crippen molar-refractivity contribution in [2.75, 3.05) is 19.7 Å². The van der Waals surface area contributed by atoms with E-state index in [1.807, 2.05) is 16.7 Å². The molecule has 176 valence electrons. The topological polar surface area (TPSA) is 61.9 Å². The second kappa shape index (κ2) is 8.89. The van der Waals surface area contributed by atoms with Crippen molar-refractivity contribution < 1.29 is 27.5 Å². The molecule has 7 atom stereocenters. The lowest BCUT2D eigenvalue weighted by Gasteiger charge is -2.55. The van der Waals surface area contributed by atoms with Gasteiger partial charge in [-0.2, -0.15) is 13.2 Å². The summed E-state index contributed by atoms with van der Waals surface area (Å²) in [6.45, 7) is 5.02. The van der Waals surface area contributed by atoms with Crippen LogP contribution >= 0.6 is 0 Å². The molecule has 1 N–H and O–H groups in total. The maximum absolute atomic E-state index is 13.3. The number of piperidine rings is 1. The Morgan fingerprint density at radius 1 is 1.03 bits per heavy atom. The third-order valence-electron chi connectivity index (χ3n) is 7.88. The number of halogens is 3. The predicted molar refractivity (Wildman–Crippen MR) is 108 cm³/mol. The van der Waals surface area contributed by atoms with Gasteiger partial charge in [-0.25, -0.2) is 0 Å². The van der Waals surface area contributed by atoms with Crippen molar-refractivity contribution in [2.45, 2.75) is 95.2 Å². The van der Waals surface area contributed by atoms with Gasteiger partial charge >= 0.3 is 6.18 Å². The number of carbonyl (C=O) groups excluding carboxylic acids is 2. The van der Waals surface area contributed by atoms with E-state index in [1.165, 1.54) is 0 Å². The molecule has 0 aromatic rings. The predicted octanol–water partition coefficient (Wildman–Crippen LogP) is 2.71. The first kappa shape index (κ1) is 22.8. The lowest BCUT2D eigenvalue weighted by molar-refractivity contribution is -0.165. The smallest absolute Gasteiger partial charge is 0.368 e. The molecule has 0 bridgehead atoms. The Bertz CT molecular complexity index is 675. The highest BCUT2D eigenvalue weighted by atomic mass is 19.4. The van der Waals surface area contributed by atoms with Crippen LogP contribution in [0.4, 0.5) is 13.2 Å². The summed E-state index contributed by atoms with van der Waals surface area (Å²) in [5, 5.41) is 2.70. The third-order valence-corrected chi connectivity index (χ3v) is 7.88. The molecule has 31 heavy (non-hydrogen) atoms. The van der Waals surface area contributed by atoms with Crippen molar-refractivity contribution >= 4 is 11.8 Å². The number of ether oxygens (including phenoxy) is 1. The number of rotatable bonds is 2. The summed E-state index contributed by atoms with van der Waals surface area (Å²) >= 11 is 0. The number of nitrogens with one attached hydrogen (secondary N) is 1. The summed E-state index contributed by atoms with van der Waals surface area (Å²) in [6.07, 6.45) is 0.0603. The average molecular weight is 446 g/mol. The summed E-state index contributed by atoms with van der Waals surface area (Å²) in [4.78, 5) is 29.5. The van der Waals surface area contributed by atoms with E-state index in [0.29, 0.717) is 26.1 Å². The maximum Gasteiger partial charge on any atom is 0.403 e. The van der Waals surface area contributed by atoms with Gasteiger partial charge in [0.2, 0.25) is 5.91 Å². The van der Waals surface area contributed by atoms with E-state index in [0.717, 1.165) is 32.1 Å². The number of hydrogen-bond acceptors (Lipinski definition) is 4. The van der Waals surface area contributed by atoms with Crippen LogP contribution in [0.15, 0.2) is 0 Å². The molecule has 2 amide bonds. The van der Waals surface area contributed by atoms with Gasteiger partial charge in [0.25, 0.3) is 5.91 Å². The highest BCUT2D eigenvalue weighted by Gasteiger charge is 2.49. The van der Waals surface area contributed by atoms with Crippen molar-refractivity contribution in [3.05, 3.63) is 0 Å². The first-order valence-electron chi connectivity index (χ1n) is 11.7. The van der Waals surface area contributed by atoms with Crippen LogP contribution in [0.3, 0.4) is 0 Å². The van der Waals surface area contributed by atoms with E-state index in [-0.39, 0.29) is 48.2 Å². The highest BCUT2D eigenvalue weighted by Crippen LogP contribution is 2.42. The normalized spacial score (nSPS) is 39.3. The van der Waals surface area contributed by atoms with Gasteiger partial charge in [0.15, 0.2) is 0 Å². The molecule has 1 aliphatic carbocycles. The fraction of sp³-hybridized carbons (Fsp3) is 0.909. The zero-order valence-electron chi connectivity index (χ0n) is 18.4. The van der Waals surface area contributed by atoms with Gasteiger partial charge in [0.05, 0.1) is 12.1 Å². The Balaban J connectivity index is 1.48. The number of carbonyl (C=O) groups is 2. The number of fused-ring (bicyclic) bond motifs is 1. The Morgan fingerprint density at radius 3 is 2.35 bits per heavy atom. The van der Waals surface area contributed by atoms with Crippen LogP contribution in [0, 0.1) is 11.8 Å². The molecule has 4 aliphatic rings. The summed E-state index contributed by atoms with van der Waals surface area (Å²) in [7, 11) is 0. The van der Waals surface area contributed by atoms with Crippen LogP contribution in [-0.4, -0.2) is 77.8 Å². The largest absolute Gasteiger partial charge is 0.403 e.